The van der Waals surface area contributed by atoms with E-state index in [1.54, 1.807) is 16.7 Å². The second-order valence-electron chi connectivity index (χ2n) is 6.53. The highest BCUT2D eigenvalue weighted by molar-refractivity contribution is 7.98. The van der Waals surface area contributed by atoms with Gasteiger partial charge in [0, 0.05) is 23.0 Å². The Bertz CT molecular complexity index is 971. The maximum absolute atomic E-state index is 13.4. The molecule has 3 aromatic rings. The molecule has 0 aliphatic rings. The van der Waals surface area contributed by atoms with Crippen molar-refractivity contribution < 1.29 is 4.79 Å². The van der Waals surface area contributed by atoms with Crippen molar-refractivity contribution in [1.82, 2.24) is 9.88 Å². The summed E-state index contributed by atoms with van der Waals surface area (Å²) < 4.78 is 0.996. The number of rotatable bonds is 6. The van der Waals surface area contributed by atoms with Crippen LogP contribution in [0, 0.1) is 6.92 Å². The van der Waals surface area contributed by atoms with E-state index in [0.717, 1.165) is 27.2 Å². The fraction of sp³-hybridized carbons (Fsp3) is 0.300. The molecule has 0 aliphatic heterocycles. The minimum atomic E-state index is -0.0235. The van der Waals surface area contributed by atoms with Crippen LogP contribution in [0.4, 0.5) is 5.13 Å². The van der Waals surface area contributed by atoms with Gasteiger partial charge >= 0.3 is 0 Å². The summed E-state index contributed by atoms with van der Waals surface area (Å²) in [5.41, 5.74) is 2.63. The summed E-state index contributed by atoms with van der Waals surface area (Å²) in [5, 5.41) is 1.40. The van der Waals surface area contributed by atoms with Crippen molar-refractivity contribution in [3.8, 4) is 0 Å². The molecule has 142 valence electrons. The summed E-state index contributed by atoms with van der Waals surface area (Å²) in [6.07, 6.45) is 1.99. The molecule has 1 amide bonds. The highest BCUT2D eigenvalue weighted by Crippen LogP contribution is 2.34. The Morgan fingerprint density at radius 1 is 1.22 bits per heavy atom. The molecule has 0 unspecified atom stereocenters. The summed E-state index contributed by atoms with van der Waals surface area (Å²) in [5.74, 6) is -0.0235. The molecule has 0 fully saturated rings. The van der Waals surface area contributed by atoms with E-state index in [4.69, 9.17) is 16.6 Å². The zero-order valence-corrected chi connectivity index (χ0v) is 18.2. The van der Waals surface area contributed by atoms with Crippen LogP contribution in [0.2, 0.25) is 5.02 Å². The highest BCUT2D eigenvalue weighted by Gasteiger charge is 2.23. The molecular weight excluding hydrogens is 398 g/mol. The van der Waals surface area contributed by atoms with E-state index in [2.05, 4.69) is 4.90 Å². The minimum Gasteiger partial charge on any atom is -0.308 e. The molecule has 4 nitrogen and oxygen atoms in total. The number of hydrogen-bond acceptors (Lipinski definition) is 5. The number of aromatic nitrogens is 1. The van der Waals surface area contributed by atoms with Crippen LogP contribution in [-0.4, -0.2) is 49.2 Å². The molecular formula is C20H22ClN3OS2. The summed E-state index contributed by atoms with van der Waals surface area (Å²) in [6, 6.07) is 11.5. The third-order valence-electron chi connectivity index (χ3n) is 4.22. The first-order valence-electron chi connectivity index (χ1n) is 8.57. The van der Waals surface area contributed by atoms with Gasteiger partial charge in [0.25, 0.3) is 5.91 Å². The second kappa shape index (κ2) is 8.61. The van der Waals surface area contributed by atoms with E-state index in [9.17, 15) is 4.79 Å². The predicted octanol–water partition coefficient (Wildman–Crippen LogP) is 5.19. The number of carbonyl (C=O) groups excluding carboxylic acids is 1. The number of anilines is 1. The van der Waals surface area contributed by atoms with Crippen LogP contribution in [0.1, 0.15) is 15.9 Å². The van der Waals surface area contributed by atoms with Crippen molar-refractivity contribution >= 4 is 56.0 Å². The van der Waals surface area contributed by atoms with Gasteiger partial charge in [-0.3, -0.25) is 9.69 Å². The maximum Gasteiger partial charge on any atom is 0.261 e. The van der Waals surface area contributed by atoms with Gasteiger partial charge in [-0.2, -0.15) is 0 Å². The van der Waals surface area contributed by atoms with Gasteiger partial charge in [-0.25, -0.2) is 4.98 Å². The zero-order chi connectivity index (χ0) is 19.6. The summed E-state index contributed by atoms with van der Waals surface area (Å²) in [6.45, 7) is 3.32. The predicted molar refractivity (Wildman–Crippen MR) is 118 cm³/mol. The van der Waals surface area contributed by atoms with Crippen molar-refractivity contribution in [2.24, 2.45) is 0 Å². The number of likely N-dealkylation sites (N-methyl/N-ethyl adjacent to an activating group) is 1. The van der Waals surface area contributed by atoms with Gasteiger partial charge in [0.2, 0.25) is 0 Å². The van der Waals surface area contributed by atoms with Gasteiger partial charge in [-0.1, -0.05) is 35.1 Å². The number of halogens is 1. The van der Waals surface area contributed by atoms with Crippen molar-refractivity contribution in [3.63, 3.8) is 0 Å². The Morgan fingerprint density at radius 3 is 2.67 bits per heavy atom. The Hall–Kier alpha value is -1.60. The number of aryl methyl sites for hydroxylation is 1. The number of carbonyl (C=O) groups is 1. The van der Waals surface area contributed by atoms with Gasteiger partial charge in [0.05, 0.1) is 15.8 Å². The van der Waals surface area contributed by atoms with E-state index in [0.29, 0.717) is 22.3 Å². The molecule has 1 aromatic heterocycles. The molecule has 0 aliphatic carbocycles. The third-order valence-corrected chi connectivity index (χ3v) is 6.26. The van der Waals surface area contributed by atoms with Crippen LogP contribution >= 0.6 is 34.7 Å². The minimum absolute atomic E-state index is 0.0235. The normalized spacial score (nSPS) is 11.3. The average Bonchev–Trinajstić information content (AvgIpc) is 3.05. The first-order chi connectivity index (χ1) is 12.9. The largest absolute Gasteiger partial charge is 0.308 e. The molecule has 0 saturated heterocycles. The summed E-state index contributed by atoms with van der Waals surface area (Å²) in [4.78, 5) is 23.0. The highest BCUT2D eigenvalue weighted by atomic mass is 35.5. The van der Waals surface area contributed by atoms with Crippen LogP contribution in [0.5, 0.6) is 0 Å². The Labute approximate surface area is 173 Å². The van der Waals surface area contributed by atoms with Crippen molar-refractivity contribution in [3.05, 3.63) is 52.5 Å². The van der Waals surface area contributed by atoms with Gasteiger partial charge in [0.15, 0.2) is 5.13 Å². The van der Waals surface area contributed by atoms with Crippen molar-refractivity contribution in [2.45, 2.75) is 11.8 Å². The maximum atomic E-state index is 13.4. The second-order valence-corrected chi connectivity index (χ2v) is 8.82. The first-order valence-corrected chi connectivity index (χ1v) is 11.0. The van der Waals surface area contributed by atoms with E-state index in [1.165, 1.54) is 11.3 Å². The lowest BCUT2D eigenvalue weighted by Crippen LogP contribution is -2.37. The molecule has 27 heavy (non-hydrogen) atoms. The lowest BCUT2D eigenvalue weighted by atomic mass is 10.2. The molecule has 0 spiro atoms. The van der Waals surface area contributed by atoms with Crippen LogP contribution in [0.25, 0.3) is 10.2 Å². The number of fused-ring (bicyclic) bond motifs is 1. The quantitative estimate of drug-likeness (QED) is 0.515. The van der Waals surface area contributed by atoms with Gasteiger partial charge < -0.3 is 4.90 Å². The molecule has 2 aromatic carbocycles. The zero-order valence-electron chi connectivity index (χ0n) is 15.8. The Morgan fingerprint density at radius 2 is 1.96 bits per heavy atom. The number of thiazole rings is 1. The average molecular weight is 420 g/mol. The van der Waals surface area contributed by atoms with E-state index in [1.807, 2.05) is 63.7 Å². The van der Waals surface area contributed by atoms with Crippen LogP contribution < -0.4 is 4.90 Å². The molecule has 0 atom stereocenters. The monoisotopic (exact) mass is 419 g/mol. The number of nitrogens with zero attached hydrogens (tertiary/aromatic N) is 3. The number of benzene rings is 2. The van der Waals surface area contributed by atoms with E-state index >= 15 is 0 Å². The summed E-state index contributed by atoms with van der Waals surface area (Å²) in [7, 11) is 4.00. The van der Waals surface area contributed by atoms with Crippen LogP contribution in [0.15, 0.2) is 41.3 Å². The molecule has 0 bridgehead atoms. The number of hydrogen-bond donors (Lipinski definition) is 0. The van der Waals surface area contributed by atoms with Gasteiger partial charge in [-0.05, 0) is 57.1 Å². The molecule has 3 rings (SSSR count). The SMILES string of the molecule is CSc1ccccc1C(=O)N(CCN(C)C)c1nc2c(C)cc(Cl)cc2s1. The topological polar surface area (TPSA) is 36.4 Å². The molecule has 0 N–H and O–H groups in total. The first kappa shape index (κ1) is 20.1. The Kier molecular flexibility index (Phi) is 6.42. The third kappa shape index (κ3) is 4.46. The number of amides is 1. The lowest BCUT2D eigenvalue weighted by Gasteiger charge is -2.22. The fourth-order valence-electron chi connectivity index (χ4n) is 2.81. The fourth-order valence-corrected chi connectivity index (χ4v) is 4.84. The van der Waals surface area contributed by atoms with Gasteiger partial charge in [-0.15, -0.1) is 11.8 Å². The van der Waals surface area contributed by atoms with Crippen LogP contribution in [0.3, 0.4) is 0 Å². The van der Waals surface area contributed by atoms with Crippen molar-refractivity contribution in [2.75, 3.05) is 38.3 Å². The van der Waals surface area contributed by atoms with Crippen molar-refractivity contribution in [1.29, 1.82) is 0 Å². The van der Waals surface area contributed by atoms with Crippen LogP contribution in [-0.2, 0) is 0 Å². The molecule has 7 heteroatoms. The van der Waals surface area contributed by atoms with E-state index in [-0.39, 0.29) is 5.91 Å². The lowest BCUT2D eigenvalue weighted by molar-refractivity contribution is 0.0982. The smallest absolute Gasteiger partial charge is 0.261 e. The standard InChI is InChI=1S/C20H22ClN3OS2/c1-13-11-14(21)12-17-18(13)22-20(27-17)24(10-9-23(2)3)19(25)15-7-5-6-8-16(15)26-4/h5-8,11-12H,9-10H2,1-4H3. The summed E-state index contributed by atoms with van der Waals surface area (Å²) >= 11 is 9.29. The number of thioether (sulfide) groups is 1. The molecule has 0 saturated carbocycles. The molecule has 1 heterocycles. The van der Waals surface area contributed by atoms with Gasteiger partial charge in [0.1, 0.15) is 0 Å². The van der Waals surface area contributed by atoms with E-state index < -0.39 is 0 Å². The Balaban J connectivity index is 2.06. The molecule has 0 radical (unpaired) electrons.